The standard InChI is InChI=1S/C12H14ClN3O2/c1-12(2)17-6-8(18-12)5-16-4-3-9-10(13)14-7-15-11(9)16/h3-4,7-8H,5-6H2,1-2H3/t8-/m1/s1. The number of fused-ring (bicyclic) bond motifs is 1. The summed E-state index contributed by atoms with van der Waals surface area (Å²) in [5.74, 6) is -0.500. The maximum absolute atomic E-state index is 6.01. The summed E-state index contributed by atoms with van der Waals surface area (Å²) < 4.78 is 13.3. The molecule has 0 bridgehead atoms. The molecule has 0 radical (unpaired) electrons. The summed E-state index contributed by atoms with van der Waals surface area (Å²) >= 11 is 6.01. The molecule has 1 atom stereocenters. The first-order valence-electron chi connectivity index (χ1n) is 5.82. The van der Waals surface area contributed by atoms with E-state index in [4.69, 9.17) is 21.1 Å². The molecule has 3 heterocycles. The summed E-state index contributed by atoms with van der Waals surface area (Å²) in [5.41, 5.74) is 0.823. The molecule has 18 heavy (non-hydrogen) atoms. The molecule has 5 nitrogen and oxygen atoms in total. The van der Waals surface area contributed by atoms with Crippen LogP contribution in [0, 0.1) is 0 Å². The van der Waals surface area contributed by atoms with E-state index in [2.05, 4.69) is 9.97 Å². The number of ether oxygens (including phenoxy) is 2. The molecule has 0 spiro atoms. The average Bonchev–Trinajstić information content (AvgIpc) is 2.85. The third-order valence-electron chi connectivity index (χ3n) is 2.98. The van der Waals surface area contributed by atoms with Gasteiger partial charge in [0.25, 0.3) is 0 Å². The molecule has 1 aliphatic rings. The molecule has 0 unspecified atom stereocenters. The molecule has 6 heteroatoms. The zero-order valence-electron chi connectivity index (χ0n) is 10.3. The van der Waals surface area contributed by atoms with E-state index in [1.54, 1.807) is 0 Å². The molecule has 2 aromatic heterocycles. The minimum Gasteiger partial charge on any atom is -0.348 e. The topological polar surface area (TPSA) is 49.2 Å². The van der Waals surface area contributed by atoms with Crippen molar-refractivity contribution in [2.75, 3.05) is 6.61 Å². The maximum Gasteiger partial charge on any atom is 0.163 e. The first-order valence-corrected chi connectivity index (χ1v) is 6.20. The van der Waals surface area contributed by atoms with Gasteiger partial charge in [-0.25, -0.2) is 9.97 Å². The van der Waals surface area contributed by atoms with E-state index >= 15 is 0 Å². The van der Waals surface area contributed by atoms with Gasteiger partial charge in [0, 0.05) is 6.20 Å². The summed E-state index contributed by atoms with van der Waals surface area (Å²) in [6.07, 6.45) is 3.45. The van der Waals surface area contributed by atoms with E-state index < -0.39 is 5.79 Å². The largest absolute Gasteiger partial charge is 0.348 e. The van der Waals surface area contributed by atoms with Crippen LogP contribution in [0.4, 0.5) is 0 Å². The molecule has 96 valence electrons. The van der Waals surface area contributed by atoms with Crippen LogP contribution in [-0.2, 0) is 16.0 Å². The monoisotopic (exact) mass is 267 g/mol. The van der Waals surface area contributed by atoms with Gasteiger partial charge in [0.15, 0.2) is 5.79 Å². The van der Waals surface area contributed by atoms with Crippen LogP contribution < -0.4 is 0 Å². The Balaban J connectivity index is 1.86. The Kier molecular flexibility index (Phi) is 2.77. The van der Waals surface area contributed by atoms with Crippen LogP contribution in [-0.4, -0.2) is 33.0 Å². The Morgan fingerprint density at radius 3 is 3.06 bits per heavy atom. The van der Waals surface area contributed by atoms with Gasteiger partial charge in [-0.3, -0.25) is 0 Å². The van der Waals surface area contributed by atoms with Crippen molar-refractivity contribution in [3.05, 3.63) is 23.7 Å². The van der Waals surface area contributed by atoms with Gasteiger partial charge in [-0.2, -0.15) is 0 Å². The van der Waals surface area contributed by atoms with Gasteiger partial charge >= 0.3 is 0 Å². The lowest BCUT2D eigenvalue weighted by molar-refractivity contribution is -0.139. The van der Waals surface area contributed by atoms with E-state index in [0.717, 1.165) is 11.0 Å². The first kappa shape index (κ1) is 11.9. The van der Waals surface area contributed by atoms with Crippen molar-refractivity contribution in [2.24, 2.45) is 0 Å². The van der Waals surface area contributed by atoms with Crippen LogP contribution in [0.2, 0.25) is 5.15 Å². The van der Waals surface area contributed by atoms with Crippen LogP contribution in [0.5, 0.6) is 0 Å². The fourth-order valence-corrected chi connectivity index (χ4v) is 2.38. The van der Waals surface area contributed by atoms with Gasteiger partial charge < -0.3 is 14.0 Å². The Labute approximate surface area is 110 Å². The van der Waals surface area contributed by atoms with Crippen LogP contribution in [0.25, 0.3) is 11.0 Å². The van der Waals surface area contributed by atoms with Gasteiger partial charge in [-0.05, 0) is 19.9 Å². The van der Waals surface area contributed by atoms with Crippen molar-refractivity contribution < 1.29 is 9.47 Å². The highest BCUT2D eigenvalue weighted by molar-refractivity contribution is 6.33. The lowest BCUT2D eigenvalue weighted by atomic mass is 10.3. The summed E-state index contributed by atoms with van der Waals surface area (Å²) in [6, 6.07) is 1.92. The summed E-state index contributed by atoms with van der Waals surface area (Å²) in [6.45, 7) is 5.12. The summed E-state index contributed by atoms with van der Waals surface area (Å²) in [4.78, 5) is 8.21. The Morgan fingerprint density at radius 2 is 2.33 bits per heavy atom. The third-order valence-corrected chi connectivity index (χ3v) is 3.28. The molecule has 0 aliphatic carbocycles. The highest BCUT2D eigenvalue weighted by Gasteiger charge is 2.32. The van der Waals surface area contributed by atoms with Crippen molar-refractivity contribution in [2.45, 2.75) is 32.3 Å². The first-order chi connectivity index (χ1) is 8.55. The van der Waals surface area contributed by atoms with Crippen molar-refractivity contribution in [1.29, 1.82) is 0 Å². The molecule has 2 aromatic rings. The molecular weight excluding hydrogens is 254 g/mol. The van der Waals surface area contributed by atoms with E-state index in [0.29, 0.717) is 18.3 Å². The molecule has 0 N–H and O–H groups in total. The van der Waals surface area contributed by atoms with Gasteiger partial charge in [-0.15, -0.1) is 0 Å². The van der Waals surface area contributed by atoms with Crippen molar-refractivity contribution in [1.82, 2.24) is 14.5 Å². The number of hydrogen-bond donors (Lipinski definition) is 0. The van der Waals surface area contributed by atoms with Crippen LogP contribution in [0.1, 0.15) is 13.8 Å². The lowest BCUT2D eigenvalue weighted by Gasteiger charge is -2.17. The van der Waals surface area contributed by atoms with Crippen molar-refractivity contribution in [3.63, 3.8) is 0 Å². The predicted octanol–water partition coefficient (Wildman–Crippen LogP) is 2.24. The number of halogens is 1. The quantitative estimate of drug-likeness (QED) is 0.783. The highest BCUT2D eigenvalue weighted by atomic mass is 35.5. The molecule has 1 aliphatic heterocycles. The second-order valence-corrected chi connectivity index (χ2v) is 5.18. The minimum absolute atomic E-state index is 0.0318. The van der Waals surface area contributed by atoms with Crippen molar-refractivity contribution >= 4 is 22.6 Å². The number of rotatable bonds is 2. The van der Waals surface area contributed by atoms with E-state index in [1.165, 1.54) is 6.33 Å². The Morgan fingerprint density at radius 1 is 1.50 bits per heavy atom. The lowest BCUT2D eigenvalue weighted by Crippen LogP contribution is -2.24. The van der Waals surface area contributed by atoms with Gasteiger partial charge in [-0.1, -0.05) is 11.6 Å². The minimum atomic E-state index is -0.500. The predicted molar refractivity (Wildman–Crippen MR) is 67.4 cm³/mol. The smallest absolute Gasteiger partial charge is 0.163 e. The molecule has 1 saturated heterocycles. The SMILES string of the molecule is CC1(C)OC[C@@H](Cn2ccc3c(Cl)ncnc32)O1. The molecule has 0 saturated carbocycles. The van der Waals surface area contributed by atoms with E-state index in [9.17, 15) is 0 Å². The molecule has 0 aromatic carbocycles. The molecular formula is C12H14ClN3O2. The Bertz CT molecular complexity index is 582. The zero-order chi connectivity index (χ0) is 12.8. The fourth-order valence-electron chi connectivity index (χ4n) is 2.19. The third kappa shape index (κ3) is 2.09. The highest BCUT2D eigenvalue weighted by Crippen LogP contribution is 2.25. The fraction of sp³-hybridized carbons (Fsp3) is 0.500. The van der Waals surface area contributed by atoms with Crippen molar-refractivity contribution in [3.8, 4) is 0 Å². The number of nitrogens with zero attached hydrogens (tertiary/aromatic N) is 3. The zero-order valence-corrected chi connectivity index (χ0v) is 11.0. The maximum atomic E-state index is 6.01. The average molecular weight is 268 g/mol. The molecule has 3 rings (SSSR count). The van der Waals surface area contributed by atoms with E-state index in [-0.39, 0.29) is 6.10 Å². The van der Waals surface area contributed by atoms with Gasteiger partial charge in [0.05, 0.1) is 18.5 Å². The van der Waals surface area contributed by atoms with Crippen LogP contribution in [0.3, 0.4) is 0 Å². The molecule has 0 amide bonds. The summed E-state index contributed by atoms with van der Waals surface area (Å²) in [7, 11) is 0. The number of hydrogen-bond acceptors (Lipinski definition) is 4. The van der Waals surface area contributed by atoms with Crippen LogP contribution >= 0.6 is 11.6 Å². The normalized spacial score (nSPS) is 22.7. The second kappa shape index (κ2) is 4.19. The van der Waals surface area contributed by atoms with Crippen LogP contribution in [0.15, 0.2) is 18.6 Å². The van der Waals surface area contributed by atoms with Gasteiger partial charge in [0.2, 0.25) is 0 Å². The van der Waals surface area contributed by atoms with E-state index in [1.807, 2.05) is 30.7 Å². The number of aromatic nitrogens is 3. The second-order valence-electron chi connectivity index (χ2n) is 4.82. The Hall–Kier alpha value is -1.17. The summed E-state index contributed by atoms with van der Waals surface area (Å²) in [5, 5.41) is 1.33. The molecule has 1 fully saturated rings. The van der Waals surface area contributed by atoms with Gasteiger partial charge in [0.1, 0.15) is 23.2 Å².